The molecule has 146 valence electrons. The molecule has 10 heteroatoms. The van der Waals surface area contributed by atoms with Gasteiger partial charge in [-0.1, -0.05) is 0 Å². The van der Waals surface area contributed by atoms with E-state index in [1.807, 2.05) is 0 Å². The maximum Gasteiger partial charge on any atom is 0.255 e. The van der Waals surface area contributed by atoms with E-state index in [4.69, 9.17) is 14.2 Å². The van der Waals surface area contributed by atoms with Gasteiger partial charge in [0.05, 0.1) is 37.9 Å². The number of carbonyl (C=O) groups excluding carboxylic acids is 1. The number of benzene rings is 1. The quantitative estimate of drug-likeness (QED) is 0.589. The first-order chi connectivity index (χ1) is 12.5. The third-order valence-corrected chi connectivity index (χ3v) is 5.84. The lowest BCUT2D eigenvalue weighted by molar-refractivity contribution is 0.0730. The van der Waals surface area contributed by atoms with Crippen LogP contribution >= 0.6 is 0 Å². The summed E-state index contributed by atoms with van der Waals surface area (Å²) in [4.78, 5) is 12.5. The first-order valence-electron chi connectivity index (χ1n) is 8.22. The summed E-state index contributed by atoms with van der Waals surface area (Å²) < 4.78 is 42.9. The summed E-state index contributed by atoms with van der Waals surface area (Å²) in [5, 5.41) is 5.64. The number of hydrogen-bond donors (Lipinski definition) is 2. The average molecular weight is 387 g/mol. The highest BCUT2D eigenvalue weighted by atomic mass is 32.2. The molecular formula is C16H25N3O6S. The Morgan fingerprint density at radius 2 is 1.88 bits per heavy atom. The van der Waals surface area contributed by atoms with E-state index in [1.165, 1.54) is 30.7 Å². The standard InChI is InChI=1S/C16H25N3O6S/c1-17-4-5-18-16(20)13-10-12(11-14(23-2)15(13)24-3)26(21,22)19-6-8-25-9-7-19/h10-11,17H,4-9H2,1-3H3,(H,18,20). The van der Waals surface area contributed by atoms with Crippen molar-refractivity contribution in [3.8, 4) is 11.5 Å². The zero-order chi connectivity index (χ0) is 19.2. The third kappa shape index (κ3) is 4.44. The largest absolute Gasteiger partial charge is 0.493 e. The van der Waals surface area contributed by atoms with Crippen molar-refractivity contribution in [1.29, 1.82) is 0 Å². The molecule has 0 radical (unpaired) electrons. The van der Waals surface area contributed by atoms with Crippen LogP contribution < -0.4 is 20.1 Å². The molecule has 1 fully saturated rings. The lowest BCUT2D eigenvalue weighted by Crippen LogP contribution is -2.40. The summed E-state index contributed by atoms with van der Waals surface area (Å²) in [6.07, 6.45) is 0. The van der Waals surface area contributed by atoms with Crippen molar-refractivity contribution in [1.82, 2.24) is 14.9 Å². The summed E-state index contributed by atoms with van der Waals surface area (Å²) in [7, 11) is 0.789. The predicted molar refractivity (Wildman–Crippen MR) is 95.4 cm³/mol. The summed E-state index contributed by atoms with van der Waals surface area (Å²) in [5.41, 5.74) is 0.106. The van der Waals surface area contributed by atoms with Gasteiger partial charge in [0.2, 0.25) is 10.0 Å². The normalized spacial score (nSPS) is 15.5. The second kappa shape index (κ2) is 9.17. The fourth-order valence-electron chi connectivity index (χ4n) is 2.59. The molecule has 26 heavy (non-hydrogen) atoms. The fraction of sp³-hybridized carbons (Fsp3) is 0.562. The number of nitrogens with one attached hydrogen (secondary N) is 2. The third-order valence-electron chi connectivity index (χ3n) is 3.97. The first kappa shape index (κ1) is 20.4. The van der Waals surface area contributed by atoms with E-state index in [9.17, 15) is 13.2 Å². The van der Waals surface area contributed by atoms with Crippen molar-refractivity contribution in [2.75, 3.05) is 60.7 Å². The highest BCUT2D eigenvalue weighted by molar-refractivity contribution is 7.89. The Kier molecular flexibility index (Phi) is 7.21. The minimum atomic E-state index is -3.78. The smallest absolute Gasteiger partial charge is 0.255 e. The van der Waals surface area contributed by atoms with Gasteiger partial charge >= 0.3 is 0 Å². The van der Waals surface area contributed by atoms with Crippen LogP contribution in [0.15, 0.2) is 17.0 Å². The van der Waals surface area contributed by atoms with E-state index >= 15 is 0 Å². The molecule has 9 nitrogen and oxygen atoms in total. The van der Waals surface area contributed by atoms with Gasteiger partial charge in [0, 0.05) is 32.2 Å². The van der Waals surface area contributed by atoms with Gasteiger partial charge in [-0.2, -0.15) is 4.31 Å². The number of morpholine rings is 1. The van der Waals surface area contributed by atoms with Crippen LogP contribution in [0.25, 0.3) is 0 Å². The number of ether oxygens (including phenoxy) is 3. The molecule has 0 bridgehead atoms. The number of likely N-dealkylation sites (N-methyl/N-ethyl adjacent to an activating group) is 1. The van der Waals surface area contributed by atoms with Crippen LogP contribution in [0.4, 0.5) is 0 Å². The average Bonchev–Trinajstić information content (AvgIpc) is 2.67. The molecule has 0 spiro atoms. The number of amides is 1. The Morgan fingerprint density at radius 3 is 2.46 bits per heavy atom. The van der Waals surface area contributed by atoms with E-state index < -0.39 is 15.9 Å². The SMILES string of the molecule is CNCCNC(=O)c1cc(S(=O)(=O)N2CCOCC2)cc(OC)c1OC. The predicted octanol–water partition coefficient (Wildman–Crippen LogP) is -0.326. The first-order valence-corrected chi connectivity index (χ1v) is 9.66. The fourth-order valence-corrected chi connectivity index (χ4v) is 4.04. The van der Waals surface area contributed by atoms with Gasteiger partial charge < -0.3 is 24.8 Å². The number of rotatable bonds is 8. The number of sulfonamides is 1. The van der Waals surface area contributed by atoms with Gasteiger partial charge in [-0.25, -0.2) is 8.42 Å². The van der Waals surface area contributed by atoms with Crippen LogP contribution in [-0.4, -0.2) is 79.3 Å². The number of methoxy groups -OCH3 is 2. The van der Waals surface area contributed by atoms with Crippen molar-refractivity contribution < 1.29 is 27.4 Å². The Morgan fingerprint density at radius 1 is 1.19 bits per heavy atom. The Balaban J connectivity index is 2.44. The van der Waals surface area contributed by atoms with Gasteiger partial charge in [-0.05, 0) is 13.1 Å². The van der Waals surface area contributed by atoms with E-state index in [0.29, 0.717) is 26.3 Å². The Bertz CT molecular complexity index is 732. The van der Waals surface area contributed by atoms with E-state index in [2.05, 4.69) is 10.6 Å². The molecule has 1 aromatic carbocycles. The van der Waals surface area contributed by atoms with Crippen molar-refractivity contribution in [2.24, 2.45) is 0 Å². The number of carbonyl (C=O) groups is 1. The number of nitrogens with zero attached hydrogens (tertiary/aromatic N) is 1. The van der Waals surface area contributed by atoms with Crippen LogP contribution in [-0.2, 0) is 14.8 Å². The zero-order valence-electron chi connectivity index (χ0n) is 15.2. The van der Waals surface area contributed by atoms with Crippen LogP contribution in [0.1, 0.15) is 10.4 Å². The van der Waals surface area contributed by atoms with Crippen LogP contribution in [0.5, 0.6) is 11.5 Å². The van der Waals surface area contributed by atoms with Crippen molar-refractivity contribution >= 4 is 15.9 Å². The number of hydrogen-bond acceptors (Lipinski definition) is 7. The van der Waals surface area contributed by atoms with Gasteiger partial charge in [-0.15, -0.1) is 0 Å². The summed E-state index contributed by atoms with van der Waals surface area (Å²) in [6.45, 7) is 2.17. The monoisotopic (exact) mass is 387 g/mol. The van der Waals surface area contributed by atoms with E-state index in [1.54, 1.807) is 7.05 Å². The molecular weight excluding hydrogens is 362 g/mol. The molecule has 2 N–H and O–H groups in total. The van der Waals surface area contributed by atoms with Crippen molar-refractivity contribution in [3.05, 3.63) is 17.7 Å². The Hall–Kier alpha value is -1.88. The Labute approximate surface area is 153 Å². The molecule has 0 aliphatic carbocycles. The molecule has 1 aliphatic rings. The van der Waals surface area contributed by atoms with Crippen molar-refractivity contribution in [2.45, 2.75) is 4.90 Å². The molecule has 1 saturated heterocycles. The molecule has 0 saturated carbocycles. The summed E-state index contributed by atoms with van der Waals surface area (Å²) >= 11 is 0. The second-order valence-electron chi connectivity index (χ2n) is 5.58. The van der Waals surface area contributed by atoms with E-state index in [-0.39, 0.29) is 35.0 Å². The molecule has 0 aromatic heterocycles. The minimum Gasteiger partial charge on any atom is -0.493 e. The maximum atomic E-state index is 12.9. The molecule has 0 atom stereocenters. The molecule has 1 aromatic rings. The maximum absolute atomic E-state index is 12.9. The van der Waals surface area contributed by atoms with Crippen molar-refractivity contribution in [3.63, 3.8) is 0 Å². The highest BCUT2D eigenvalue weighted by Crippen LogP contribution is 2.35. The molecule has 1 aliphatic heterocycles. The van der Waals surface area contributed by atoms with E-state index in [0.717, 1.165) is 0 Å². The topological polar surface area (TPSA) is 106 Å². The lowest BCUT2D eigenvalue weighted by Gasteiger charge is -2.26. The molecule has 1 heterocycles. The zero-order valence-corrected chi connectivity index (χ0v) is 16.0. The highest BCUT2D eigenvalue weighted by Gasteiger charge is 2.29. The van der Waals surface area contributed by atoms with Gasteiger partial charge in [-0.3, -0.25) is 4.79 Å². The van der Waals surface area contributed by atoms with Gasteiger partial charge in [0.25, 0.3) is 5.91 Å². The lowest BCUT2D eigenvalue weighted by atomic mass is 10.1. The van der Waals surface area contributed by atoms with Crippen LogP contribution in [0, 0.1) is 0 Å². The minimum absolute atomic E-state index is 0.0178. The van der Waals surface area contributed by atoms with Crippen LogP contribution in [0.2, 0.25) is 0 Å². The molecule has 2 rings (SSSR count). The van der Waals surface area contributed by atoms with Gasteiger partial charge in [0.15, 0.2) is 11.5 Å². The summed E-state index contributed by atoms with van der Waals surface area (Å²) in [6, 6.07) is 2.69. The second-order valence-corrected chi connectivity index (χ2v) is 7.52. The summed E-state index contributed by atoms with van der Waals surface area (Å²) in [5.74, 6) is -0.0644. The molecule has 1 amide bonds. The van der Waals surface area contributed by atoms with Crippen LogP contribution in [0.3, 0.4) is 0 Å². The molecule has 0 unspecified atom stereocenters. The van der Waals surface area contributed by atoms with Gasteiger partial charge in [0.1, 0.15) is 0 Å².